The lowest BCUT2D eigenvalue weighted by molar-refractivity contribution is 0.0601. The lowest BCUT2D eigenvalue weighted by Crippen LogP contribution is -2.28. The molecule has 1 aromatic carbocycles. The Labute approximate surface area is 171 Å². The number of pyridine rings is 1. The van der Waals surface area contributed by atoms with Crippen molar-refractivity contribution in [2.75, 3.05) is 24.3 Å². The predicted octanol–water partition coefficient (Wildman–Crippen LogP) is 3.66. The van der Waals surface area contributed by atoms with E-state index in [1.165, 1.54) is 0 Å². The van der Waals surface area contributed by atoms with Gasteiger partial charge in [-0.1, -0.05) is 17.3 Å². The van der Waals surface area contributed by atoms with Gasteiger partial charge in [-0.3, -0.25) is 4.98 Å². The van der Waals surface area contributed by atoms with Crippen LogP contribution in [0.3, 0.4) is 0 Å². The van der Waals surface area contributed by atoms with Gasteiger partial charge in [0.1, 0.15) is 0 Å². The first-order valence-electron chi connectivity index (χ1n) is 10.1. The number of aromatic nitrogens is 4. The summed E-state index contributed by atoms with van der Waals surface area (Å²) in [6.07, 6.45) is 3.92. The fraction of sp³-hybridized carbons (Fsp3) is 0.409. The Hall–Kier alpha value is -2.93. The number of aryl methyl sites for hydroxylation is 3. The minimum absolute atomic E-state index is 0.0720. The van der Waals surface area contributed by atoms with Crippen LogP contribution in [-0.4, -0.2) is 33.2 Å². The fourth-order valence-electron chi connectivity index (χ4n) is 4.00. The van der Waals surface area contributed by atoms with E-state index < -0.39 is 0 Å². The molecule has 7 heteroatoms. The first kappa shape index (κ1) is 19.4. The monoisotopic (exact) mass is 392 g/mol. The fourth-order valence-corrected chi connectivity index (χ4v) is 4.00. The largest absolute Gasteiger partial charge is 0.397 e. The summed E-state index contributed by atoms with van der Waals surface area (Å²) < 4.78 is 7.38. The second-order valence-corrected chi connectivity index (χ2v) is 7.78. The summed E-state index contributed by atoms with van der Waals surface area (Å²) in [5.74, 6) is 0.433. The molecule has 1 saturated heterocycles. The van der Waals surface area contributed by atoms with Crippen LogP contribution in [0.5, 0.6) is 0 Å². The number of nitrogen functional groups attached to an aromatic ring is 1. The second kappa shape index (κ2) is 8.21. The van der Waals surface area contributed by atoms with E-state index in [0.29, 0.717) is 11.6 Å². The Morgan fingerprint density at radius 1 is 1.17 bits per heavy atom. The van der Waals surface area contributed by atoms with Crippen molar-refractivity contribution in [1.29, 1.82) is 0 Å². The molecule has 3 aromatic rings. The lowest BCUT2D eigenvalue weighted by Gasteiger charge is -2.32. The third-order valence-corrected chi connectivity index (χ3v) is 5.62. The third-order valence-electron chi connectivity index (χ3n) is 5.62. The number of nitrogens with two attached hydrogens (primary N) is 1. The summed E-state index contributed by atoms with van der Waals surface area (Å²) in [6.45, 7) is 5.58. The zero-order chi connectivity index (χ0) is 20.4. The van der Waals surface area contributed by atoms with Gasteiger partial charge in [-0.2, -0.15) is 0 Å². The van der Waals surface area contributed by atoms with E-state index in [-0.39, 0.29) is 6.04 Å². The predicted molar refractivity (Wildman–Crippen MR) is 114 cm³/mol. The average molecular weight is 393 g/mol. The van der Waals surface area contributed by atoms with Crippen molar-refractivity contribution in [2.24, 2.45) is 13.0 Å². The molecule has 0 radical (unpaired) electrons. The first-order valence-corrected chi connectivity index (χ1v) is 10.1. The molecular weight excluding hydrogens is 364 g/mol. The van der Waals surface area contributed by atoms with Crippen molar-refractivity contribution in [1.82, 2.24) is 20.0 Å². The van der Waals surface area contributed by atoms with Crippen LogP contribution in [0.15, 0.2) is 36.5 Å². The normalized spacial score (nSPS) is 16.0. The highest BCUT2D eigenvalue weighted by molar-refractivity contribution is 5.76. The van der Waals surface area contributed by atoms with E-state index >= 15 is 0 Å². The number of anilines is 2. The minimum Gasteiger partial charge on any atom is -0.397 e. The van der Waals surface area contributed by atoms with E-state index in [0.717, 1.165) is 60.0 Å². The Morgan fingerprint density at radius 2 is 1.97 bits per heavy atom. The van der Waals surface area contributed by atoms with Crippen LogP contribution in [0.25, 0.3) is 11.3 Å². The van der Waals surface area contributed by atoms with Crippen LogP contribution in [-0.2, 0) is 11.8 Å². The summed E-state index contributed by atoms with van der Waals surface area (Å²) in [5.41, 5.74) is 13.1. The molecule has 3 N–H and O–H groups in total. The highest BCUT2D eigenvalue weighted by Gasteiger charge is 2.27. The molecule has 7 nitrogen and oxygen atoms in total. The Balaban J connectivity index is 1.70. The number of hydrogen-bond acceptors (Lipinski definition) is 6. The van der Waals surface area contributed by atoms with Crippen molar-refractivity contribution in [3.63, 3.8) is 0 Å². The molecule has 29 heavy (non-hydrogen) atoms. The van der Waals surface area contributed by atoms with Crippen LogP contribution in [0.2, 0.25) is 0 Å². The molecule has 0 aliphatic carbocycles. The second-order valence-electron chi connectivity index (χ2n) is 7.78. The van der Waals surface area contributed by atoms with Crippen molar-refractivity contribution >= 4 is 11.4 Å². The lowest BCUT2D eigenvalue weighted by atomic mass is 9.89. The van der Waals surface area contributed by atoms with Crippen LogP contribution < -0.4 is 11.1 Å². The Bertz CT molecular complexity index is 956. The van der Waals surface area contributed by atoms with E-state index in [1.807, 2.05) is 32.3 Å². The number of nitrogens with one attached hydrogen (secondary N) is 1. The number of ether oxygens (including phenoxy) is 1. The number of rotatable bonds is 5. The van der Waals surface area contributed by atoms with Crippen molar-refractivity contribution in [3.8, 4) is 11.3 Å². The summed E-state index contributed by atoms with van der Waals surface area (Å²) in [6, 6.07) is 10.3. The molecule has 1 unspecified atom stereocenters. The van der Waals surface area contributed by atoms with Gasteiger partial charge in [-0.25, -0.2) is 4.68 Å². The van der Waals surface area contributed by atoms with E-state index in [9.17, 15) is 0 Å². The van der Waals surface area contributed by atoms with E-state index in [4.69, 9.17) is 15.5 Å². The third kappa shape index (κ3) is 4.10. The summed E-state index contributed by atoms with van der Waals surface area (Å²) >= 11 is 0. The highest BCUT2D eigenvalue weighted by atomic mass is 16.5. The molecular formula is C22H28N6O. The average Bonchev–Trinajstić information content (AvgIpc) is 3.07. The van der Waals surface area contributed by atoms with Crippen LogP contribution in [0.1, 0.15) is 35.8 Å². The molecule has 0 spiro atoms. The van der Waals surface area contributed by atoms with Crippen LogP contribution in [0, 0.1) is 19.8 Å². The zero-order valence-corrected chi connectivity index (χ0v) is 17.2. The van der Waals surface area contributed by atoms with Gasteiger partial charge in [-0.15, -0.1) is 5.10 Å². The number of nitrogens with zero attached hydrogens (tertiary/aromatic N) is 4. The molecule has 3 heterocycles. The van der Waals surface area contributed by atoms with Gasteiger partial charge < -0.3 is 15.8 Å². The molecule has 1 fully saturated rings. The molecule has 152 valence electrons. The van der Waals surface area contributed by atoms with Crippen molar-refractivity contribution in [3.05, 3.63) is 53.5 Å². The van der Waals surface area contributed by atoms with Crippen LogP contribution >= 0.6 is 0 Å². The molecule has 1 atom stereocenters. The summed E-state index contributed by atoms with van der Waals surface area (Å²) in [7, 11) is 1.90. The minimum atomic E-state index is 0.0720. The Kier molecular flexibility index (Phi) is 5.49. The zero-order valence-electron chi connectivity index (χ0n) is 17.2. The maximum atomic E-state index is 6.35. The van der Waals surface area contributed by atoms with Gasteiger partial charge in [-0.05, 0) is 56.4 Å². The smallest absolute Gasteiger partial charge is 0.0912 e. The van der Waals surface area contributed by atoms with Gasteiger partial charge in [0, 0.05) is 32.0 Å². The summed E-state index contributed by atoms with van der Waals surface area (Å²) in [4.78, 5) is 4.71. The molecule has 1 aliphatic heterocycles. The van der Waals surface area contributed by atoms with Gasteiger partial charge >= 0.3 is 0 Å². The van der Waals surface area contributed by atoms with E-state index in [2.05, 4.69) is 40.8 Å². The highest BCUT2D eigenvalue weighted by Crippen LogP contribution is 2.36. The molecule has 4 rings (SSSR count). The quantitative estimate of drug-likeness (QED) is 0.644. The summed E-state index contributed by atoms with van der Waals surface area (Å²) in [5, 5.41) is 12.0. The van der Waals surface area contributed by atoms with Crippen LogP contribution in [0.4, 0.5) is 11.4 Å². The Morgan fingerprint density at radius 3 is 2.62 bits per heavy atom. The standard InChI is InChI=1S/C22H28N6O/c1-14-4-7-19(24-13-14)21(16-8-10-29-11-9-16)25-20-12-17(5-6-18(20)23)22-15(2)26-27-28(22)3/h4-7,12-13,16,21,25H,8-11,23H2,1-3H3. The molecule has 0 saturated carbocycles. The van der Waals surface area contributed by atoms with Crippen molar-refractivity contribution in [2.45, 2.75) is 32.7 Å². The van der Waals surface area contributed by atoms with Gasteiger partial charge in [0.2, 0.25) is 0 Å². The van der Waals surface area contributed by atoms with Gasteiger partial charge in [0.05, 0.1) is 34.5 Å². The molecule has 1 aliphatic rings. The maximum Gasteiger partial charge on any atom is 0.0912 e. The van der Waals surface area contributed by atoms with Gasteiger partial charge in [0.25, 0.3) is 0 Å². The first-order chi connectivity index (χ1) is 14.0. The molecule has 0 bridgehead atoms. The number of benzene rings is 1. The van der Waals surface area contributed by atoms with Gasteiger partial charge in [0.15, 0.2) is 0 Å². The molecule has 0 amide bonds. The molecule has 2 aromatic heterocycles. The van der Waals surface area contributed by atoms with E-state index in [1.54, 1.807) is 4.68 Å². The SMILES string of the molecule is Cc1ccc(C(Nc2cc(-c3c(C)nnn3C)ccc2N)C2CCOCC2)nc1. The van der Waals surface area contributed by atoms with Crippen molar-refractivity contribution < 1.29 is 4.74 Å². The topological polar surface area (TPSA) is 90.9 Å². The maximum absolute atomic E-state index is 6.35. The number of hydrogen-bond donors (Lipinski definition) is 2.